The maximum atomic E-state index is 12.3. The van der Waals surface area contributed by atoms with E-state index in [2.05, 4.69) is 20.8 Å². The molecule has 0 bridgehead atoms. The van der Waals surface area contributed by atoms with Gasteiger partial charge in [-0.05, 0) is 59.7 Å². The molecule has 1 aromatic heterocycles. The first-order chi connectivity index (χ1) is 13.0. The van der Waals surface area contributed by atoms with Crippen LogP contribution < -0.4 is 10.1 Å². The minimum atomic E-state index is -0.134. The summed E-state index contributed by atoms with van der Waals surface area (Å²) in [6.07, 6.45) is 0.795. The smallest absolute Gasteiger partial charge is 0.224 e. The maximum Gasteiger partial charge on any atom is 0.224 e. The van der Waals surface area contributed by atoms with E-state index < -0.39 is 0 Å². The fraction of sp³-hybridized carbons (Fsp3) is 0.222. The number of nitrogens with one attached hydrogen (secondary N) is 1. The molecule has 9 heteroatoms. The van der Waals surface area contributed by atoms with Gasteiger partial charge < -0.3 is 10.1 Å². The fourth-order valence-corrected chi connectivity index (χ4v) is 3.09. The quantitative estimate of drug-likeness (QED) is 0.673. The van der Waals surface area contributed by atoms with Crippen LogP contribution in [0.3, 0.4) is 0 Å². The van der Waals surface area contributed by atoms with Crippen molar-refractivity contribution in [2.24, 2.45) is 0 Å². The first-order valence-electron chi connectivity index (χ1n) is 8.15. The van der Waals surface area contributed by atoms with E-state index in [1.165, 1.54) is 0 Å². The molecule has 0 atom stereocenters. The molecule has 3 aromatic rings. The summed E-state index contributed by atoms with van der Waals surface area (Å²) in [7, 11) is 1.56. The molecular weight excluding hydrogens is 389 g/mol. The molecule has 27 heavy (non-hydrogen) atoms. The Labute approximate surface area is 166 Å². The van der Waals surface area contributed by atoms with E-state index in [0.717, 1.165) is 5.56 Å². The van der Waals surface area contributed by atoms with Gasteiger partial charge in [-0.15, -0.1) is 5.10 Å². The predicted molar refractivity (Wildman–Crippen MR) is 104 cm³/mol. The molecule has 7 nitrogen and oxygen atoms in total. The Kier molecular flexibility index (Phi) is 5.93. The molecule has 0 unspecified atom stereocenters. The van der Waals surface area contributed by atoms with Crippen molar-refractivity contribution in [3.8, 4) is 11.4 Å². The molecule has 0 aliphatic heterocycles. The van der Waals surface area contributed by atoms with Crippen molar-refractivity contribution in [3.05, 3.63) is 57.8 Å². The summed E-state index contributed by atoms with van der Waals surface area (Å²) in [5.41, 5.74) is 2.13. The number of halogens is 2. The van der Waals surface area contributed by atoms with Gasteiger partial charge in [0, 0.05) is 22.2 Å². The summed E-state index contributed by atoms with van der Waals surface area (Å²) < 4.78 is 6.90. The topological polar surface area (TPSA) is 81.9 Å². The van der Waals surface area contributed by atoms with E-state index in [9.17, 15) is 4.79 Å². The van der Waals surface area contributed by atoms with Crippen LogP contribution in [-0.2, 0) is 11.2 Å². The molecule has 0 radical (unpaired) electrons. The number of methoxy groups -OCH3 is 1. The number of rotatable bonds is 6. The van der Waals surface area contributed by atoms with E-state index in [0.29, 0.717) is 39.4 Å². The molecule has 0 spiro atoms. The van der Waals surface area contributed by atoms with Crippen LogP contribution in [0.2, 0.25) is 10.0 Å². The number of nitrogens with zero attached hydrogens (tertiary/aromatic N) is 4. The van der Waals surface area contributed by atoms with E-state index in [-0.39, 0.29) is 12.3 Å². The maximum absolute atomic E-state index is 12.3. The van der Waals surface area contributed by atoms with Crippen molar-refractivity contribution in [1.82, 2.24) is 20.2 Å². The van der Waals surface area contributed by atoms with E-state index in [4.69, 9.17) is 27.9 Å². The third kappa shape index (κ3) is 4.56. The minimum Gasteiger partial charge on any atom is -0.494 e. The lowest BCUT2D eigenvalue weighted by atomic mass is 10.1. The Balaban J connectivity index is 1.71. The molecular formula is C18H17Cl2N5O2. The second kappa shape index (κ2) is 8.37. The molecule has 1 heterocycles. The highest BCUT2D eigenvalue weighted by Gasteiger charge is 2.13. The second-order valence-electron chi connectivity index (χ2n) is 5.81. The zero-order valence-corrected chi connectivity index (χ0v) is 16.3. The van der Waals surface area contributed by atoms with Crippen LogP contribution in [0.15, 0.2) is 36.4 Å². The van der Waals surface area contributed by atoms with Crippen molar-refractivity contribution < 1.29 is 9.53 Å². The lowest BCUT2D eigenvalue weighted by molar-refractivity contribution is -0.116. The monoisotopic (exact) mass is 405 g/mol. The molecule has 0 fully saturated rings. The Bertz CT molecular complexity index is 974. The normalized spacial score (nSPS) is 10.7. The van der Waals surface area contributed by atoms with Gasteiger partial charge in [0.15, 0.2) is 5.82 Å². The first-order valence-corrected chi connectivity index (χ1v) is 8.90. The van der Waals surface area contributed by atoms with E-state index in [1.807, 2.05) is 6.07 Å². The van der Waals surface area contributed by atoms with Crippen molar-refractivity contribution in [1.29, 1.82) is 0 Å². The highest BCUT2D eigenvalue weighted by Crippen LogP contribution is 2.27. The van der Waals surface area contributed by atoms with Gasteiger partial charge in [0.25, 0.3) is 0 Å². The minimum absolute atomic E-state index is 0.134. The standard InChI is InChI=1S/C18H17Cl2N5O2/c1-11-22-23-24-25(11)16-10-14(6-7-17(16)27-2)21-18(26)8-4-12-3-5-13(19)9-15(12)20/h3,5-7,9-10H,4,8H2,1-2H3,(H,21,26). The number of carbonyl (C=O) groups excluding carboxylic acids is 1. The zero-order valence-electron chi connectivity index (χ0n) is 14.7. The number of hydrogen-bond donors (Lipinski definition) is 1. The van der Waals surface area contributed by atoms with Crippen molar-refractivity contribution in [2.75, 3.05) is 12.4 Å². The first kappa shape index (κ1) is 19.1. The number of benzene rings is 2. The average molecular weight is 406 g/mol. The van der Waals surface area contributed by atoms with Gasteiger partial charge in [0.2, 0.25) is 5.91 Å². The summed E-state index contributed by atoms with van der Waals surface area (Å²) >= 11 is 12.0. The number of tetrazole rings is 1. The number of aromatic nitrogens is 4. The molecule has 0 saturated carbocycles. The van der Waals surface area contributed by atoms with Crippen LogP contribution in [0.4, 0.5) is 5.69 Å². The molecule has 140 valence electrons. The van der Waals surface area contributed by atoms with Gasteiger partial charge in [-0.2, -0.15) is 4.68 Å². The molecule has 2 aromatic carbocycles. The zero-order chi connectivity index (χ0) is 19.4. The third-order valence-corrected chi connectivity index (χ3v) is 4.54. The SMILES string of the molecule is COc1ccc(NC(=O)CCc2ccc(Cl)cc2Cl)cc1-n1nnnc1C. The van der Waals surface area contributed by atoms with Crippen molar-refractivity contribution in [2.45, 2.75) is 19.8 Å². The Morgan fingerprint density at radius 2 is 2.04 bits per heavy atom. The largest absolute Gasteiger partial charge is 0.494 e. The van der Waals surface area contributed by atoms with Crippen LogP contribution >= 0.6 is 23.2 Å². The van der Waals surface area contributed by atoms with Crippen LogP contribution in [0.1, 0.15) is 17.8 Å². The summed E-state index contributed by atoms with van der Waals surface area (Å²) in [6, 6.07) is 10.5. The molecule has 0 aliphatic rings. The van der Waals surface area contributed by atoms with Gasteiger partial charge in [-0.1, -0.05) is 29.3 Å². The number of ether oxygens (including phenoxy) is 1. The van der Waals surface area contributed by atoms with Crippen LogP contribution in [0, 0.1) is 6.92 Å². The van der Waals surface area contributed by atoms with Gasteiger partial charge >= 0.3 is 0 Å². The van der Waals surface area contributed by atoms with E-state index in [1.54, 1.807) is 49.0 Å². The fourth-order valence-electron chi connectivity index (χ4n) is 2.58. The van der Waals surface area contributed by atoms with Gasteiger partial charge in [0.05, 0.1) is 7.11 Å². The molecule has 1 amide bonds. The Morgan fingerprint density at radius 1 is 1.22 bits per heavy atom. The molecule has 1 N–H and O–H groups in total. The third-order valence-electron chi connectivity index (χ3n) is 3.95. The summed E-state index contributed by atoms with van der Waals surface area (Å²) in [5, 5.41) is 15.4. The lowest BCUT2D eigenvalue weighted by Crippen LogP contribution is -2.13. The Hall–Kier alpha value is -2.64. The van der Waals surface area contributed by atoms with Gasteiger partial charge in [0.1, 0.15) is 11.4 Å². The van der Waals surface area contributed by atoms with Crippen LogP contribution in [0.5, 0.6) is 5.75 Å². The molecule has 0 saturated heterocycles. The number of carbonyl (C=O) groups is 1. The van der Waals surface area contributed by atoms with E-state index >= 15 is 0 Å². The summed E-state index contributed by atoms with van der Waals surface area (Å²) in [5.74, 6) is 1.07. The highest BCUT2D eigenvalue weighted by molar-refractivity contribution is 6.35. The highest BCUT2D eigenvalue weighted by atomic mass is 35.5. The Morgan fingerprint density at radius 3 is 2.70 bits per heavy atom. The van der Waals surface area contributed by atoms with Gasteiger partial charge in [-0.3, -0.25) is 4.79 Å². The molecule has 0 aliphatic carbocycles. The summed E-state index contributed by atoms with van der Waals surface area (Å²) in [6.45, 7) is 1.78. The van der Waals surface area contributed by atoms with Crippen LogP contribution in [-0.4, -0.2) is 33.2 Å². The summed E-state index contributed by atoms with van der Waals surface area (Å²) in [4.78, 5) is 12.3. The second-order valence-corrected chi connectivity index (χ2v) is 6.65. The predicted octanol–water partition coefficient (Wildman–Crippen LogP) is 3.86. The van der Waals surface area contributed by atoms with Crippen molar-refractivity contribution >= 4 is 34.8 Å². The molecule has 3 rings (SSSR count). The van der Waals surface area contributed by atoms with Crippen molar-refractivity contribution in [3.63, 3.8) is 0 Å². The average Bonchev–Trinajstić information content (AvgIpc) is 3.06. The number of aryl methyl sites for hydroxylation is 2. The number of anilines is 1. The number of hydrogen-bond acceptors (Lipinski definition) is 5. The number of amides is 1. The lowest BCUT2D eigenvalue weighted by Gasteiger charge is -2.12. The van der Waals surface area contributed by atoms with Crippen LogP contribution in [0.25, 0.3) is 5.69 Å². The van der Waals surface area contributed by atoms with Gasteiger partial charge in [-0.25, -0.2) is 0 Å².